The second-order valence-electron chi connectivity index (χ2n) is 6.74. The lowest BCUT2D eigenvalue weighted by molar-refractivity contribution is -0.117. The van der Waals surface area contributed by atoms with Crippen molar-refractivity contribution in [2.24, 2.45) is 0 Å². The summed E-state index contributed by atoms with van der Waals surface area (Å²) in [7, 11) is 1.96. The van der Waals surface area contributed by atoms with Gasteiger partial charge in [-0.15, -0.1) is 0 Å². The molecule has 24 heavy (non-hydrogen) atoms. The standard InChI is InChI=1S/C18H26N4O2/c1-19-16-6-3-9-22(11-16)12-17(23)20-15-5-2-4-13(10-15)18(24)21-14-7-8-14/h2,4-5,10,14,16,19H,3,6-9,11-12H2,1H3,(H,20,23)(H,21,24). The maximum absolute atomic E-state index is 12.3. The van der Waals surface area contributed by atoms with Crippen molar-refractivity contribution in [3.8, 4) is 0 Å². The highest BCUT2D eigenvalue weighted by molar-refractivity contribution is 5.97. The molecule has 1 unspecified atom stereocenters. The van der Waals surface area contributed by atoms with E-state index in [0.717, 1.165) is 38.8 Å². The second-order valence-corrected chi connectivity index (χ2v) is 6.74. The van der Waals surface area contributed by atoms with Crippen molar-refractivity contribution in [1.82, 2.24) is 15.5 Å². The van der Waals surface area contributed by atoms with Gasteiger partial charge < -0.3 is 16.0 Å². The molecule has 0 spiro atoms. The largest absolute Gasteiger partial charge is 0.349 e. The molecular formula is C18H26N4O2. The summed E-state index contributed by atoms with van der Waals surface area (Å²) in [6.45, 7) is 2.24. The van der Waals surface area contributed by atoms with E-state index in [2.05, 4.69) is 20.9 Å². The van der Waals surface area contributed by atoms with Gasteiger partial charge in [0.15, 0.2) is 0 Å². The molecular weight excluding hydrogens is 304 g/mol. The van der Waals surface area contributed by atoms with Crippen LogP contribution in [0.5, 0.6) is 0 Å². The van der Waals surface area contributed by atoms with Gasteiger partial charge in [0.2, 0.25) is 5.91 Å². The third-order valence-electron chi connectivity index (χ3n) is 4.60. The summed E-state index contributed by atoms with van der Waals surface area (Å²) in [6, 6.07) is 7.92. The van der Waals surface area contributed by atoms with Crippen LogP contribution in [-0.4, -0.2) is 55.5 Å². The van der Waals surface area contributed by atoms with Gasteiger partial charge in [0.1, 0.15) is 0 Å². The zero-order valence-electron chi connectivity index (χ0n) is 14.2. The molecule has 6 heteroatoms. The van der Waals surface area contributed by atoms with Crippen LogP contribution in [0.25, 0.3) is 0 Å². The van der Waals surface area contributed by atoms with Gasteiger partial charge in [0.25, 0.3) is 5.91 Å². The number of piperidine rings is 1. The Bertz CT molecular complexity index is 600. The van der Waals surface area contributed by atoms with Gasteiger partial charge in [0, 0.05) is 29.9 Å². The molecule has 1 atom stereocenters. The predicted molar refractivity (Wildman–Crippen MR) is 94.1 cm³/mol. The van der Waals surface area contributed by atoms with Gasteiger partial charge in [-0.05, 0) is 57.5 Å². The van der Waals surface area contributed by atoms with Crippen molar-refractivity contribution < 1.29 is 9.59 Å². The first-order valence-electron chi connectivity index (χ1n) is 8.74. The number of hydrogen-bond acceptors (Lipinski definition) is 4. The molecule has 130 valence electrons. The number of rotatable bonds is 6. The normalized spacial score (nSPS) is 21.3. The summed E-state index contributed by atoms with van der Waals surface area (Å²) >= 11 is 0. The van der Waals surface area contributed by atoms with Crippen LogP contribution in [0.15, 0.2) is 24.3 Å². The van der Waals surface area contributed by atoms with Crippen LogP contribution in [-0.2, 0) is 4.79 Å². The first-order chi connectivity index (χ1) is 11.6. The summed E-state index contributed by atoms with van der Waals surface area (Å²) < 4.78 is 0. The lowest BCUT2D eigenvalue weighted by Crippen LogP contribution is -2.46. The zero-order valence-corrected chi connectivity index (χ0v) is 14.2. The molecule has 1 aromatic carbocycles. The Labute approximate surface area is 143 Å². The second kappa shape index (κ2) is 7.77. The van der Waals surface area contributed by atoms with Gasteiger partial charge >= 0.3 is 0 Å². The summed E-state index contributed by atoms with van der Waals surface area (Å²) in [4.78, 5) is 26.5. The first kappa shape index (κ1) is 16.9. The number of carbonyl (C=O) groups excluding carboxylic acids is 2. The number of amides is 2. The number of likely N-dealkylation sites (N-methyl/N-ethyl adjacent to an activating group) is 1. The number of anilines is 1. The third-order valence-corrected chi connectivity index (χ3v) is 4.60. The molecule has 3 rings (SSSR count). The Kier molecular flexibility index (Phi) is 5.48. The van der Waals surface area contributed by atoms with Gasteiger partial charge in [0.05, 0.1) is 6.54 Å². The molecule has 0 radical (unpaired) electrons. The van der Waals surface area contributed by atoms with E-state index in [1.807, 2.05) is 13.1 Å². The Hall–Kier alpha value is -1.92. The summed E-state index contributed by atoms with van der Waals surface area (Å²) in [6.07, 6.45) is 4.39. The zero-order chi connectivity index (χ0) is 16.9. The van der Waals surface area contributed by atoms with E-state index in [1.54, 1.807) is 18.2 Å². The van der Waals surface area contributed by atoms with Gasteiger partial charge in [-0.2, -0.15) is 0 Å². The predicted octanol–water partition coefficient (Wildman–Crippen LogP) is 1.20. The van der Waals surface area contributed by atoms with Crippen molar-refractivity contribution in [2.45, 2.75) is 37.8 Å². The maximum Gasteiger partial charge on any atom is 0.251 e. The topological polar surface area (TPSA) is 73.5 Å². The fourth-order valence-electron chi connectivity index (χ4n) is 3.07. The van der Waals surface area contributed by atoms with Crippen LogP contribution in [0.1, 0.15) is 36.0 Å². The van der Waals surface area contributed by atoms with Crippen molar-refractivity contribution in [3.63, 3.8) is 0 Å². The van der Waals surface area contributed by atoms with Crippen molar-refractivity contribution in [1.29, 1.82) is 0 Å². The SMILES string of the molecule is CNC1CCCN(CC(=O)Nc2cccc(C(=O)NC3CC3)c2)C1. The summed E-state index contributed by atoms with van der Waals surface area (Å²) in [5.74, 6) is -0.104. The minimum absolute atomic E-state index is 0.0356. The molecule has 2 aliphatic rings. The molecule has 0 aromatic heterocycles. The molecule has 1 aliphatic heterocycles. The summed E-state index contributed by atoms with van der Waals surface area (Å²) in [5, 5.41) is 9.15. The van der Waals surface area contributed by atoms with Gasteiger partial charge in [-0.25, -0.2) is 0 Å². The number of carbonyl (C=O) groups is 2. The van der Waals surface area contributed by atoms with Gasteiger partial charge in [-0.1, -0.05) is 6.07 Å². The maximum atomic E-state index is 12.3. The third kappa shape index (κ3) is 4.79. The molecule has 1 aliphatic carbocycles. The van der Waals surface area contributed by atoms with Crippen molar-refractivity contribution in [2.75, 3.05) is 32.0 Å². The number of nitrogens with one attached hydrogen (secondary N) is 3. The number of benzene rings is 1. The molecule has 1 saturated heterocycles. The highest BCUT2D eigenvalue weighted by Crippen LogP contribution is 2.20. The van der Waals surface area contributed by atoms with E-state index >= 15 is 0 Å². The van der Waals surface area contributed by atoms with Crippen molar-refractivity contribution in [3.05, 3.63) is 29.8 Å². The molecule has 2 fully saturated rings. The fourth-order valence-corrected chi connectivity index (χ4v) is 3.07. The average molecular weight is 330 g/mol. The number of nitrogens with zero attached hydrogens (tertiary/aromatic N) is 1. The van der Waals surface area contributed by atoms with E-state index in [9.17, 15) is 9.59 Å². The molecule has 2 amide bonds. The monoisotopic (exact) mass is 330 g/mol. The van der Waals surface area contributed by atoms with E-state index in [-0.39, 0.29) is 11.8 Å². The number of hydrogen-bond donors (Lipinski definition) is 3. The molecule has 1 heterocycles. The first-order valence-corrected chi connectivity index (χ1v) is 8.74. The molecule has 1 saturated carbocycles. The minimum Gasteiger partial charge on any atom is -0.349 e. The smallest absolute Gasteiger partial charge is 0.251 e. The molecule has 3 N–H and O–H groups in total. The van der Waals surface area contributed by atoms with E-state index in [0.29, 0.717) is 29.9 Å². The fraction of sp³-hybridized carbons (Fsp3) is 0.556. The van der Waals surface area contributed by atoms with Crippen LogP contribution < -0.4 is 16.0 Å². The Morgan fingerprint density at radius 1 is 1.21 bits per heavy atom. The van der Waals surface area contributed by atoms with Crippen LogP contribution in [0.4, 0.5) is 5.69 Å². The van der Waals surface area contributed by atoms with E-state index in [1.165, 1.54) is 0 Å². The minimum atomic E-state index is -0.0681. The molecule has 1 aromatic rings. The Morgan fingerprint density at radius 3 is 2.79 bits per heavy atom. The van der Waals surface area contributed by atoms with Crippen LogP contribution in [0.3, 0.4) is 0 Å². The number of likely N-dealkylation sites (tertiary alicyclic amines) is 1. The lowest BCUT2D eigenvalue weighted by Gasteiger charge is -2.31. The average Bonchev–Trinajstić information content (AvgIpc) is 3.39. The van der Waals surface area contributed by atoms with Gasteiger partial charge in [-0.3, -0.25) is 14.5 Å². The van der Waals surface area contributed by atoms with Crippen molar-refractivity contribution >= 4 is 17.5 Å². The molecule has 0 bridgehead atoms. The quantitative estimate of drug-likeness (QED) is 0.733. The Morgan fingerprint density at radius 2 is 2.04 bits per heavy atom. The van der Waals surface area contributed by atoms with E-state index in [4.69, 9.17) is 0 Å². The van der Waals surface area contributed by atoms with Crippen LogP contribution in [0.2, 0.25) is 0 Å². The van der Waals surface area contributed by atoms with Crippen LogP contribution >= 0.6 is 0 Å². The Balaban J connectivity index is 1.53. The summed E-state index contributed by atoms with van der Waals surface area (Å²) in [5.41, 5.74) is 1.26. The molecule has 6 nitrogen and oxygen atoms in total. The highest BCUT2D eigenvalue weighted by atomic mass is 16.2. The van der Waals surface area contributed by atoms with E-state index < -0.39 is 0 Å². The van der Waals surface area contributed by atoms with Crippen LogP contribution in [0, 0.1) is 0 Å². The lowest BCUT2D eigenvalue weighted by atomic mass is 10.1. The highest BCUT2D eigenvalue weighted by Gasteiger charge is 2.24.